The van der Waals surface area contributed by atoms with Crippen LogP contribution in [-0.4, -0.2) is 26.4 Å². The molecule has 0 aromatic carbocycles. The van der Waals surface area contributed by atoms with Gasteiger partial charge < -0.3 is 10.5 Å². The van der Waals surface area contributed by atoms with E-state index in [2.05, 4.69) is 5.32 Å². The summed E-state index contributed by atoms with van der Waals surface area (Å²) < 4.78 is 5.20. The van der Waals surface area contributed by atoms with Crippen molar-refractivity contribution in [2.45, 2.75) is 19.1 Å². The molecular formula is C7H16N2O. The standard InChI is InChI=1S/C7H16N2O/c1-10-7-6(5-8)3-2-4-9-7/h6-7,9H,2-5,8H2,1H3. The summed E-state index contributed by atoms with van der Waals surface area (Å²) in [4.78, 5) is 0. The molecule has 1 rings (SSSR count). The first kappa shape index (κ1) is 7.98. The first-order valence-electron chi connectivity index (χ1n) is 3.84. The van der Waals surface area contributed by atoms with Crippen molar-refractivity contribution in [3.63, 3.8) is 0 Å². The molecule has 0 aliphatic carbocycles. The smallest absolute Gasteiger partial charge is 0.111 e. The molecule has 2 atom stereocenters. The fraction of sp³-hybridized carbons (Fsp3) is 1.00. The fourth-order valence-corrected chi connectivity index (χ4v) is 1.44. The zero-order chi connectivity index (χ0) is 7.40. The Kier molecular flexibility index (Phi) is 3.12. The van der Waals surface area contributed by atoms with Crippen molar-refractivity contribution in [3.8, 4) is 0 Å². The van der Waals surface area contributed by atoms with Crippen LogP contribution in [0.2, 0.25) is 0 Å². The molecule has 0 radical (unpaired) electrons. The molecule has 3 N–H and O–H groups in total. The third kappa shape index (κ3) is 1.68. The van der Waals surface area contributed by atoms with E-state index in [4.69, 9.17) is 10.5 Å². The van der Waals surface area contributed by atoms with Crippen molar-refractivity contribution in [1.29, 1.82) is 0 Å². The van der Waals surface area contributed by atoms with Crippen LogP contribution in [-0.2, 0) is 4.74 Å². The van der Waals surface area contributed by atoms with Crippen molar-refractivity contribution < 1.29 is 4.74 Å². The van der Waals surface area contributed by atoms with Crippen LogP contribution in [0.4, 0.5) is 0 Å². The Bertz CT molecular complexity index is 85.6. The summed E-state index contributed by atoms with van der Waals surface area (Å²) in [6.07, 6.45) is 2.61. The van der Waals surface area contributed by atoms with Gasteiger partial charge in [-0.05, 0) is 25.9 Å². The van der Waals surface area contributed by atoms with Crippen molar-refractivity contribution in [3.05, 3.63) is 0 Å². The van der Waals surface area contributed by atoms with Gasteiger partial charge in [-0.3, -0.25) is 5.32 Å². The lowest BCUT2D eigenvalue weighted by Gasteiger charge is -2.30. The van der Waals surface area contributed by atoms with Gasteiger partial charge in [0.2, 0.25) is 0 Å². The van der Waals surface area contributed by atoms with E-state index in [9.17, 15) is 0 Å². The average Bonchev–Trinajstić information content (AvgIpc) is 2.04. The number of methoxy groups -OCH3 is 1. The van der Waals surface area contributed by atoms with Gasteiger partial charge in [-0.2, -0.15) is 0 Å². The number of piperidine rings is 1. The van der Waals surface area contributed by atoms with Crippen molar-refractivity contribution in [1.82, 2.24) is 5.32 Å². The van der Waals surface area contributed by atoms with E-state index in [1.807, 2.05) is 0 Å². The van der Waals surface area contributed by atoms with E-state index < -0.39 is 0 Å². The second-order valence-corrected chi connectivity index (χ2v) is 2.75. The van der Waals surface area contributed by atoms with Crippen molar-refractivity contribution >= 4 is 0 Å². The minimum absolute atomic E-state index is 0.193. The molecule has 3 nitrogen and oxygen atoms in total. The Labute approximate surface area is 61.9 Å². The maximum Gasteiger partial charge on any atom is 0.111 e. The number of hydrogen-bond donors (Lipinski definition) is 2. The van der Waals surface area contributed by atoms with Gasteiger partial charge in [0, 0.05) is 13.0 Å². The van der Waals surface area contributed by atoms with E-state index in [1.54, 1.807) is 7.11 Å². The maximum absolute atomic E-state index is 5.55. The van der Waals surface area contributed by atoms with E-state index >= 15 is 0 Å². The molecule has 1 heterocycles. The molecular weight excluding hydrogens is 128 g/mol. The molecule has 0 aromatic heterocycles. The van der Waals surface area contributed by atoms with Gasteiger partial charge in [-0.1, -0.05) is 0 Å². The highest BCUT2D eigenvalue weighted by Crippen LogP contribution is 2.14. The van der Waals surface area contributed by atoms with Gasteiger partial charge >= 0.3 is 0 Å². The molecule has 1 aliphatic rings. The largest absolute Gasteiger partial charge is 0.366 e. The molecule has 1 fully saturated rings. The van der Waals surface area contributed by atoms with Gasteiger partial charge in [0.1, 0.15) is 6.23 Å². The van der Waals surface area contributed by atoms with Gasteiger partial charge in [0.15, 0.2) is 0 Å². The molecule has 0 aromatic rings. The SMILES string of the molecule is COC1NCCCC1CN. The average molecular weight is 144 g/mol. The number of nitrogens with one attached hydrogen (secondary N) is 1. The highest BCUT2D eigenvalue weighted by molar-refractivity contribution is 4.74. The molecule has 1 saturated heterocycles. The first-order chi connectivity index (χ1) is 4.88. The van der Waals surface area contributed by atoms with Gasteiger partial charge in [0.05, 0.1) is 0 Å². The van der Waals surface area contributed by atoms with Crippen LogP contribution in [0.5, 0.6) is 0 Å². The molecule has 3 heteroatoms. The zero-order valence-corrected chi connectivity index (χ0v) is 6.47. The molecule has 0 spiro atoms. The van der Waals surface area contributed by atoms with Gasteiger partial charge in [0.25, 0.3) is 0 Å². The highest BCUT2D eigenvalue weighted by atomic mass is 16.5. The summed E-state index contributed by atoms with van der Waals surface area (Å²) in [6.45, 7) is 1.79. The highest BCUT2D eigenvalue weighted by Gasteiger charge is 2.22. The quantitative estimate of drug-likeness (QED) is 0.569. The number of ether oxygens (including phenoxy) is 1. The molecule has 0 amide bonds. The summed E-state index contributed by atoms with van der Waals surface area (Å²) in [6, 6.07) is 0. The Balaban J connectivity index is 2.34. The number of hydrogen-bond acceptors (Lipinski definition) is 3. The molecule has 0 bridgehead atoms. The minimum atomic E-state index is 0.193. The Morgan fingerprint density at radius 2 is 2.50 bits per heavy atom. The van der Waals surface area contributed by atoms with Gasteiger partial charge in [-0.15, -0.1) is 0 Å². The minimum Gasteiger partial charge on any atom is -0.366 e. The van der Waals surface area contributed by atoms with Crippen LogP contribution in [0.3, 0.4) is 0 Å². The lowest BCUT2D eigenvalue weighted by molar-refractivity contribution is 0.00959. The molecule has 1 aliphatic heterocycles. The third-order valence-electron chi connectivity index (χ3n) is 2.08. The lowest BCUT2D eigenvalue weighted by atomic mass is 9.98. The summed E-state index contributed by atoms with van der Waals surface area (Å²) in [5.41, 5.74) is 5.55. The van der Waals surface area contributed by atoms with E-state index in [1.165, 1.54) is 12.8 Å². The predicted molar refractivity (Wildman–Crippen MR) is 40.6 cm³/mol. The first-order valence-corrected chi connectivity index (χ1v) is 3.84. The fourth-order valence-electron chi connectivity index (χ4n) is 1.44. The summed E-state index contributed by atoms with van der Waals surface area (Å²) in [7, 11) is 1.73. The molecule has 0 saturated carbocycles. The third-order valence-corrected chi connectivity index (χ3v) is 2.08. The van der Waals surface area contributed by atoms with Crippen LogP contribution in [0.25, 0.3) is 0 Å². The molecule has 2 unspecified atom stereocenters. The van der Waals surface area contributed by atoms with Crippen molar-refractivity contribution in [2.24, 2.45) is 11.7 Å². The summed E-state index contributed by atoms with van der Waals surface area (Å²) >= 11 is 0. The van der Waals surface area contributed by atoms with Crippen LogP contribution < -0.4 is 11.1 Å². The monoisotopic (exact) mass is 144 g/mol. The number of nitrogens with two attached hydrogens (primary N) is 1. The number of rotatable bonds is 2. The van der Waals surface area contributed by atoms with Crippen LogP contribution in [0, 0.1) is 5.92 Å². The van der Waals surface area contributed by atoms with Gasteiger partial charge in [-0.25, -0.2) is 0 Å². The zero-order valence-electron chi connectivity index (χ0n) is 6.47. The Hall–Kier alpha value is -0.120. The molecule has 60 valence electrons. The Morgan fingerprint density at radius 1 is 1.70 bits per heavy atom. The summed E-state index contributed by atoms with van der Waals surface area (Å²) in [5.74, 6) is 0.513. The van der Waals surface area contributed by atoms with E-state index in [0.717, 1.165) is 13.1 Å². The lowest BCUT2D eigenvalue weighted by Crippen LogP contribution is -2.45. The second-order valence-electron chi connectivity index (χ2n) is 2.75. The maximum atomic E-state index is 5.55. The van der Waals surface area contributed by atoms with Crippen molar-refractivity contribution in [2.75, 3.05) is 20.2 Å². The topological polar surface area (TPSA) is 47.3 Å². The van der Waals surface area contributed by atoms with E-state index in [-0.39, 0.29) is 6.23 Å². The van der Waals surface area contributed by atoms with Crippen LogP contribution in [0.1, 0.15) is 12.8 Å². The van der Waals surface area contributed by atoms with E-state index in [0.29, 0.717) is 5.92 Å². The summed E-state index contributed by atoms with van der Waals surface area (Å²) in [5, 5.41) is 3.27. The molecule has 10 heavy (non-hydrogen) atoms. The second kappa shape index (κ2) is 3.91. The Morgan fingerprint density at radius 3 is 3.00 bits per heavy atom. The van der Waals surface area contributed by atoms with Crippen LogP contribution in [0.15, 0.2) is 0 Å². The van der Waals surface area contributed by atoms with Crippen LogP contribution >= 0.6 is 0 Å². The predicted octanol–water partition coefficient (Wildman–Crippen LogP) is -0.0828. The normalized spacial score (nSPS) is 34.2.